The lowest BCUT2D eigenvalue weighted by atomic mass is 10.1. The molecule has 1 aromatic heterocycles. The minimum absolute atomic E-state index is 0.111. The predicted octanol–water partition coefficient (Wildman–Crippen LogP) is 1.59. The zero-order chi connectivity index (χ0) is 16.4. The highest BCUT2D eigenvalue weighted by atomic mass is 16.5. The Morgan fingerprint density at radius 1 is 1.43 bits per heavy atom. The summed E-state index contributed by atoms with van der Waals surface area (Å²) in [4.78, 5) is 30.7. The van der Waals surface area contributed by atoms with Crippen molar-refractivity contribution < 1.29 is 14.3 Å². The standard InChI is InChI=1S/C17H19N3O3/c1-3-14-15(21)18-8-9-20(14)17(22)13-10-11-6-4-5-7-12(11)16(19-13)23-2/h4-7,10,14H,3,8-9H2,1-2H3,(H,18,21). The van der Waals surface area contributed by atoms with Crippen LogP contribution in [0.25, 0.3) is 10.8 Å². The average molecular weight is 313 g/mol. The molecule has 1 unspecified atom stereocenters. The lowest BCUT2D eigenvalue weighted by molar-refractivity contribution is -0.127. The first-order chi connectivity index (χ1) is 11.2. The van der Waals surface area contributed by atoms with Crippen molar-refractivity contribution in [3.8, 4) is 5.88 Å². The summed E-state index contributed by atoms with van der Waals surface area (Å²) in [7, 11) is 1.53. The molecule has 120 valence electrons. The maximum absolute atomic E-state index is 12.9. The summed E-state index contributed by atoms with van der Waals surface area (Å²) in [6, 6.07) is 8.92. The van der Waals surface area contributed by atoms with Gasteiger partial charge in [0.15, 0.2) is 0 Å². The highest BCUT2D eigenvalue weighted by molar-refractivity contribution is 6.00. The number of hydrogen-bond acceptors (Lipinski definition) is 4. The van der Waals surface area contributed by atoms with Crippen LogP contribution in [0.5, 0.6) is 5.88 Å². The molecular formula is C17H19N3O3. The van der Waals surface area contributed by atoms with Gasteiger partial charge in [-0.2, -0.15) is 0 Å². The Hall–Kier alpha value is -2.63. The molecule has 6 nitrogen and oxygen atoms in total. The number of nitrogens with zero attached hydrogens (tertiary/aromatic N) is 2. The number of hydrogen-bond donors (Lipinski definition) is 1. The Morgan fingerprint density at radius 2 is 2.22 bits per heavy atom. The van der Waals surface area contributed by atoms with E-state index in [4.69, 9.17) is 4.74 Å². The quantitative estimate of drug-likeness (QED) is 0.934. The topological polar surface area (TPSA) is 71.5 Å². The number of ether oxygens (including phenoxy) is 1. The normalized spacial score (nSPS) is 17.9. The molecule has 1 N–H and O–H groups in total. The number of pyridine rings is 1. The monoisotopic (exact) mass is 313 g/mol. The maximum Gasteiger partial charge on any atom is 0.273 e. The van der Waals surface area contributed by atoms with E-state index in [-0.39, 0.29) is 11.8 Å². The number of carbonyl (C=O) groups is 2. The number of benzene rings is 1. The highest BCUT2D eigenvalue weighted by Gasteiger charge is 2.33. The van der Waals surface area contributed by atoms with Gasteiger partial charge in [0, 0.05) is 18.5 Å². The van der Waals surface area contributed by atoms with Gasteiger partial charge in [0.1, 0.15) is 11.7 Å². The third kappa shape index (κ3) is 2.72. The van der Waals surface area contributed by atoms with E-state index in [2.05, 4.69) is 10.3 Å². The summed E-state index contributed by atoms with van der Waals surface area (Å²) in [5, 5.41) is 4.54. The first-order valence-electron chi connectivity index (χ1n) is 7.68. The summed E-state index contributed by atoms with van der Waals surface area (Å²) < 4.78 is 5.32. The van der Waals surface area contributed by atoms with Crippen LogP contribution in [0.3, 0.4) is 0 Å². The van der Waals surface area contributed by atoms with Crippen molar-refractivity contribution in [1.29, 1.82) is 0 Å². The Morgan fingerprint density at radius 3 is 2.96 bits per heavy atom. The van der Waals surface area contributed by atoms with Crippen LogP contribution in [-0.4, -0.2) is 47.9 Å². The molecule has 6 heteroatoms. The van der Waals surface area contributed by atoms with E-state index in [0.29, 0.717) is 31.1 Å². The fourth-order valence-electron chi connectivity index (χ4n) is 2.94. The van der Waals surface area contributed by atoms with Gasteiger partial charge in [-0.05, 0) is 23.9 Å². The molecule has 2 aromatic rings. The first kappa shape index (κ1) is 15.3. The molecule has 1 aliphatic rings. The number of methoxy groups -OCH3 is 1. The second kappa shape index (κ2) is 6.24. The fraction of sp³-hybridized carbons (Fsp3) is 0.353. The van der Waals surface area contributed by atoms with E-state index >= 15 is 0 Å². The van der Waals surface area contributed by atoms with Crippen LogP contribution < -0.4 is 10.1 Å². The average Bonchev–Trinajstić information content (AvgIpc) is 2.59. The van der Waals surface area contributed by atoms with Crippen molar-refractivity contribution in [3.05, 3.63) is 36.0 Å². The second-order valence-corrected chi connectivity index (χ2v) is 5.45. The predicted molar refractivity (Wildman–Crippen MR) is 86.4 cm³/mol. The second-order valence-electron chi connectivity index (χ2n) is 5.45. The summed E-state index contributed by atoms with van der Waals surface area (Å²) in [5.74, 6) is 0.0663. The molecule has 1 aromatic carbocycles. The van der Waals surface area contributed by atoms with Crippen LogP contribution in [0.15, 0.2) is 30.3 Å². The van der Waals surface area contributed by atoms with Crippen LogP contribution in [0.2, 0.25) is 0 Å². The Bertz CT molecular complexity index is 760. The van der Waals surface area contributed by atoms with Gasteiger partial charge >= 0.3 is 0 Å². The number of carbonyl (C=O) groups excluding carboxylic acids is 2. The number of fused-ring (bicyclic) bond motifs is 1. The SMILES string of the molecule is CCC1C(=O)NCCN1C(=O)c1cc2ccccc2c(OC)n1. The molecule has 2 heterocycles. The van der Waals surface area contributed by atoms with Crippen LogP contribution in [0.4, 0.5) is 0 Å². The zero-order valence-electron chi connectivity index (χ0n) is 13.2. The molecule has 0 bridgehead atoms. The summed E-state index contributed by atoms with van der Waals surface area (Å²) >= 11 is 0. The molecule has 3 rings (SSSR count). The van der Waals surface area contributed by atoms with Gasteiger partial charge in [-0.1, -0.05) is 25.1 Å². The zero-order valence-corrected chi connectivity index (χ0v) is 13.2. The number of rotatable bonds is 3. The van der Waals surface area contributed by atoms with Gasteiger partial charge in [-0.25, -0.2) is 4.98 Å². The fourth-order valence-corrected chi connectivity index (χ4v) is 2.94. The lowest BCUT2D eigenvalue weighted by Gasteiger charge is -2.34. The van der Waals surface area contributed by atoms with Crippen molar-refractivity contribution >= 4 is 22.6 Å². The van der Waals surface area contributed by atoms with Crippen molar-refractivity contribution in [2.75, 3.05) is 20.2 Å². The summed E-state index contributed by atoms with van der Waals surface area (Å²) in [6.07, 6.45) is 0.572. The molecule has 0 saturated carbocycles. The molecule has 0 aliphatic carbocycles. The van der Waals surface area contributed by atoms with Crippen LogP contribution in [0.1, 0.15) is 23.8 Å². The Balaban J connectivity index is 2.02. The van der Waals surface area contributed by atoms with Crippen LogP contribution in [0, 0.1) is 0 Å². The molecule has 0 spiro atoms. The Kier molecular flexibility index (Phi) is 4.14. The van der Waals surface area contributed by atoms with Gasteiger partial charge in [-0.15, -0.1) is 0 Å². The van der Waals surface area contributed by atoms with Crippen LogP contribution in [-0.2, 0) is 4.79 Å². The maximum atomic E-state index is 12.9. The van der Waals surface area contributed by atoms with Crippen molar-refractivity contribution in [3.63, 3.8) is 0 Å². The van der Waals surface area contributed by atoms with Crippen molar-refractivity contribution in [2.45, 2.75) is 19.4 Å². The van der Waals surface area contributed by atoms with Crippen molar-refractivity contribution in [1.82, 2.24) is 15.2 Å². The van der Waals surface area contributed by atoms with Gasteiger partial charge in [0.05, 0.1) is 7.11 Å². The van der Waals surface area contributed by atoms with E-state index in [1.807, 2.05) is 31.2 Å². The number of piperazine rings is 1. The van der Waals surface area contributed by atoms with Crippen LogP contribution >= 0.6 is 0 Å². The van der Waals surface area contributed by atoms with Gasteiger partial charge < -0.3 is 15.0 Å². The molecule has 1 fully saturated rings. The largest absolute Gasteiger partial charge is 0.481 e. The van der Waals surface area contributed by atoms with E-state index in [9.17, 15) is 9.59 Å². The number of amides is 2. The first-order valence-corrected chi connectivity index (χ1v) is 7.68. The molecule has 23 heavy (non-hydrogen) atoms. The van der Waals surface area contributed by atoms with Gasteiger partial charge in [0.25, 0.3) is 5.91 Å². The highest BCUT2D eigenvalue weighted by Crippen LogP contribution is 2.25. The number of nitrogens with one attached hydrogen (secondary N) is 1. The number of aromatic nitrogens is 1. The van der Waals surface area contributed by atoms with Crippen molar-refractivity contribution in [2.24, 2.45) is 0 Å². The minimum Gasteiger partial charge on any atom is -0.481 e. The van der Waals surface area contributed by atoms with Gasteiger partial charge in [0.2, 0.25) is 11.8 Å². The molecule has 1 aliphatic heterocycles. The van der Waals surface area contributed by atoms with E-state index < -0.39 is 6.04 Å². The third-order valence-corrected chi connectivity index (χ3v) is 4.10. The molecule has 0 radical (unpaired) electrons. The third-order valence-electron chi connectivity index (χ3n) is 4.10. The van der Waals surface area contributed by atoms with E-state index in [0.717, 1.165) is 10.8 Å². The minimum atomic E-state index is -0.449. The summed E-state index contributed by atoms with van der Waals surface area (Å²) in [5.41, 5.74) is 0.300. The smallest absolute Gasteiger partial charge is 0.273 e. The Labute approximate surface area is 134 Å². The van der Waals surface area contributed by atoms with Gasteiger partial charge in [-0.3, -0.25) is 9.59 Å². The molecule has 1 atom stereocenters. The summed E-state index contributed by atoms with van der Waals surface area (Å²) in [6.45, 7) is 2.84. The molecule has 2 amide bonds. The molecule has 1 saturated heterocycles. The molecular weight excluding hydrogens is 294 g/mol. The van der Waals surface area contributed by atoms with E-state index in [1.54, 1.807) is 11.0 Å². The van der Waals surface area contributed by atoms with E-state index in [1.165, 1.54) is 7.11 Å². The lowest BCUT2D eigenvalue weighted by Crippen LogP contribution is -2.57.